The van der Waals surface area contributed by atoms with E-state index >= 15 is 0 Å². The Morgan fingerprint density at radius 3 is 2.24 bits per heavy atom. The monoisotopic (exact) mass is 293 g/mol. The van der Waals surface area contributed by atoms with E-state index in [1.54, 1.807) is 12.1 Å². The van der Waals surface area contributed by atoms with Gasteiger partial charge in [-0.2, -0.15) is 10.3 Å². The fourth-order valence-corrected chi connectivity index (χ4v) is 1.69. The number of nitrogens with zero attached hydrogens (tertiary/aromatic N) is 2. The summed E-state index contributed by atoms with van der Waals surface area (Å²) in [5.74, 6) is 1.63. The number of nitrogens with one attached hydrogen (secondary N) is 3. The molecule has 0 fully saturated rings. The molecule has 2 rings (SSSR count). The minimum Gasteiger partial charge on any atom is -0.493 e. The van der Waals surface area contributed by atoms with Gasteiger partial charge in [-0.25, -0.2) is 4.79 Å². The second kappa shape index (κ2) is 6.46. The van der Waals surface area contributed by atoms with Crippen LogP contribution in [0, 0.1) is 0 Å². The molecule has 0 bridgehead atoms. The molecule has 1 heterocycles. The van der Waals surface area contributed by atoms with Gasteiger partial charge in [-0.1, -0.05) is 0 Å². The number of benzene rings is 1. The summed E-state index contributed by atoms with van der Waals surface area (Å²) in [5.41, 5.74) is 0.477. The number of hydrogen-bond donors (Lipinski definition) is 3. The summed E-state index contributed by atoms with van der Waals surface area (Å²) in [6.07, 6.45) is 1.38. The highest BCUT2D eigenvalue weighted by Gasteiger charge is 2.14. The highest BCUT2D eigenvalue weighted by Crippen LogP contribution is 2.39. The Morgan fingerprint density at radius 1 is 1.10 bits per heavy atom. The lowest BCUT2D eigenvalue weighted by molar-refractivity contribution is 0.262. The summed E-state index contributed by atoms with van der Waals surface area (Å²) in [6.45, 7) is 0. The minimum atomic E-state index is -0.474. The lowest BCUT2D eigenvalue weighted by Gasteiger charge is -2.14. The Bertz CT molecular complexity index is 589. The number of aromatic nitrogens is 3. The van der Waals surface area contributed by atoms with E-state index in [1.807, 2.05) is 0 Å². The minimum absolute atomic E-state index is 0.306. The molecule has 2 aromatic rings. The van der Waals surface area contributed by atoms with Crippen molar-refractivity contribution < 1.29 is 19.0 Å². The smallest absolute Gasteiger partial charge is 0.324 e. The summed E-state index contributed by atoms with van der Waals surface area (Å²) in [4.78, 5) is 11.8. The number of ether oxygens (including phenoxy) is 3. The van der Waals surface area contributed by atoms with Crippen molar-refractivity contribution in [1.29, 1.82) is 0 Å². The zero-order valence-electron chi connectivity index (χ0n) is 11.8. The molecule has 1 aromatic heterocycles. The summed E-state index contributed by atoms with van der Waals surface area (Å²) in [6, 6.07) is 2.76. The van der Waals surface area contributed by atoms with Gasteiger partial charge in [0.05, 0.1) is 33.2 Å². The van der Waals surface area contributed by atoms with Gasteiger partial charge in [0.1, 0.15) is 0 Å². The number of carbonyl (C=O) groups excluding carboxylic acids is 1. The van der Waals surface area contributed by atoms with Crippen LogP contribution >= 0.6 is 0 Å². The Morgan fingerprint density at radius 2 is 1.76 bits per heavy atom. The lowest BCUT2D eigenvalue weighted by Crippen LogP contribution is -2.19. The van der Waals surface area contributed by atoms with E-state index in [2.05, 4.69) is 26.0 Å². The van der Waals surface area contributed by atoms with Crippen molar-refractivity contribution >= 4 is 17.5 Å². The third-order valence-corrected chi connectivity index (χ3v) is 2.58. The van der Waals surface area contributed by atoms with E-state index < -0.39 is 6.03 Å². The number of rotatable bonds is 5. The summed E-state index contributed by atoms with van der Waals surface area (Å²) >= 11 is 0. The van der Waals surface area contributed by atoms with Gasteiger partial charge < -0.3 is 19.5 Å². The Kier molecular flexibility index (Phi) is 4.44. The predicted molar refractivity (Wildman–Crippen MR) is 75.1 cm³/mol. The number of methoxy groups -OCH3 is 3. The van der Waals surface area contributed by atoms with Crippen LogP contribution < -0.4 is 24.8 Å². The second-order valence-electron chi connectivity index (χ2n) is 3.85. The molecule has 0 atom stereocenters. The van der Waals surface area contributed by atoms with Gasteiger partial charge in [0.25, 0.3) is 0 Å². The van der Waals surface area contributed by atoms with E-state index in [9.17, 15) is 4.79 Å². The molecule has 0 aliphatic rings. The zero-order valence-corrected chi connectivity index (χ0v) is 11.8. The van der Waals surface area contributed by atoms with Crippen molar-refractivity contribution in [2.75, 3.05) is 32.0 Å². The third kappa shape index (κ3) is 3.32. The number of anilines is 2. The molecule has 0 aliphatic heterocycles. The average molecular weight is 293 g/mol. The molecule has 112 valence electrons. The molecule has 9 heteroatoms. The van der Waals surface area contributed by atoms with Gasteiger partial charge >= 0.3 is 6.03 Å². The van der Waals surface area contributed by atoms with E-state index in [0.717, 1.165) is 0 Å². The average Bonchev–Trinajstić information content (AvgIpc) is 2.98. The molecular formula is C12H15N5O4. The van der Waals surface area contributed by atoms with Gasteiger partial charge in [-0.05, 0) is 0 Å². The van der Waals surface area contributed by atoms with Crippen LogP contribution in [0.5, 0.6) is 17.2 Å². The van der Waals surface area contributed by atoms with Gasteiger partial charge in [0.2, 0.25) is 5.75 Å². The molecule has 0 unspecified atom stereocenters. The Labute approximate surface area is 120 Å². The second-order valence-corrected chi connectivity index (χ2v) is 3.85. The maximum Gasteiger partial charge on any atom is 0.324 e. The van der Waals surface area contributed by atoms with Crippen LogP contribution in [0.2, 0.25) is 0 Å². The first-order valence-corrected chi connectivity index (χ1v) is 5.91. The molecule has 0 spiro atoms. The standard InChI is InChI=1S/C12H15N5O4/c1-19-8-4-7(5-9(20-2)11(8)21-3)14-12(18)15-10-6-13-17-16-10/h4-6H,1-3H3,(H3,13,14,15,16,17,18). The quantitative estimate of drug-likeness (QED) is 0.770. The molecule has 0 aliphatic carbocycles. The fraction of sp³-hybridized carbons (Fsp3) is 0.250. The van der Waals surface area contributed by atoms with E-state index in [-0.39, 0.29) is 0 Å². The van der Waals surface area contributed by atoms with E-state index in [1.165, 1.54) is 27.5 Å². The van der Waals surface area contributed by atoms with Crippen LogP contribution in [0.15, 0.2) is 18.3 Å². The highest BCUT2D eigenvalue weighted by molar-refractivity contribution is 5.99. The van der Waals surface area contributed by atoms with Gasteiger partial charge in [-0.3, -0.25) is 5.32 Å². The number of hydrogen-bond acceptors (Lipinski definition) is 6. The van der Waals surface area contributed by atoms with Crippen molar-refractivity contribution in [3.8, 4) is 17.2 Å². The number of amides is 2. The SMILES string of the molecule is COc1cc(NC(=O)Nc2cn[nH]n2)cc(OC)c1OC. The predicted octanol–water partition coefficient (Wildman–Crippen LogP) is 1.47. The molecule has 2 amide bonds. The lowest BCUT2D eigenvalue weighted by atomic mass is 10.2. The topological polar surface area (TPSA) is 110 Å². The Balaban J connectivity index is 2.17. The van der Waals surface area contributed by atoms with Crippen molar-refractivity contribution in [2.45, 2.75) is 0 Å². The Hall–Kier alpha value is -2.97. The van der Waals surface area contributed by atoms with Crippen molar-refractivity contribution in [1.82, 2.24) is 15.4 Å². The summed E-state index contributed by atoms with van der Waals surface area (Å²) < 4.78 is 15.6. The largest absolute Gasteiger partial charge is 0.493 e. The summed E-state index contributed by atoms with van der Waals surface area (Å²) in [7, 11) is 4.50. The normalized spacial score (nSPS) is 9.86. The van der Waals surface area contributed by atoms with Crippen LogP contribution in [0.1, 0.15) is 0 Å². The molecule has 3 N–H and O–H groups in total. The van der Waals surface area contributed by atoms with Gasteiger partial charge in [-0.15, -0.1) is 5.10 Å². The number of carbonyl (C=O) groups is 1. The van der Waals surface area contributed by atoms with E-state index in [4.69, 9.17) is 14.2 Å². The highest BCUT2D eigenvalue weighted by atomic mass is 16.5. The van der Waals surface area contributed by atoms with Crippen molar-refractivity contribution in [2.24, 2.45) is 0 Å². The van der Waals surface area contributed by atoms with Gasteiger partial charge in [0.15, 0.2) is 17.3 Å². The van der Waals surface area contributed by atoms with Crippen LogP contribution in [-0.4, -0.2) is 42.8 Å². The maximum atomic E-state index is 11.8. The molecule has 9 nitrogen and oxygen atoms in total. The number of H-pyrrole nitrogens is 1. The summed E-state index contributed by atoms with van der Waals surface area (Å²) in [5, 5.41) is 14.8. The van der Waals surface area contributed by atoms with Crippen LogP contribution in [0.25, 0.3) is 0 Å². The number of urea groups is 1. The van der Waals surface area contributed by atoms with Crippen LogP contribution in [0.3, 0.4) is 0 Å². The van der Waals surface area contributed by atoms with Crippen molar-refractivity contribution in [3.63, 3.8) is 0 Å². The number of aromatic amines is 1. The van der Waals surface area contributed by atoms with Crippen molar-refractivity contribution in [3.05, 3.63) is 18.3 Å². The van der Waals surface area contributed by atoms with Crippen LogP contribution in [-0.2, 0) is 0 Å². The van der Waals surface area contributed by atoms with Crippen LogP contribution in [0.4, 0.5) is 16.3 Å². The molecule has 0 saturated heterocycles. The maximum absolute atomic E-state index is 11.8. The van der Waals surface area contributed by atoms with Gasteiger partial charge in [0, 0.05) is 12.1 Å². The first-order chi connectivity index (χ1) is 10.2. The molecule has 0 radical (unpaired) electrons. The first-order valence-electron chi connectivity index (χ1n) is 5.91. The molecule has 21 heavy (non-hydrogen) atoms. The van der Waals surface area contributed by atoms with E-state index in [0.29, 0.717) is 28.8 Å². The molecular weight excluding hydrogens is 278 g/mol. The molecule has 0 saturated carbocycles. The fourth-order valence-electron chi connectivity index (χ4n) is 1.69. The first kappa shape index (κ1) is 14.4. The zero-order chi connectivity index (χ0) is 15.2. The third-order valence-electron chi connectivity index (χ3n) is 2.58. The molecule has 1 aromatic carbocycles.